The van der Waals surface area contributed by atoms with Crippen LogP contribution in [0.15, 0.2) is 67.3 Å². The van der Waals surface area contributed by atoms with Crippen LogP contribution in [0.4, 0.5) is 0 Å². The maximum absolute atomic E-state index is 13.0. The van der Waals surface area contributed by atoms with E-state index in [4.69, 9.17) is 0 Å². The van der Waals surface area contributed by atoms with Gasteiger partial charge in [0.05, 0.1) is 17.1 Å². The highest BCUT2D eigenvalue weighted by molar-refractivity contribution is 5.95. The number of aromatic amines is 1. The van der Waals surface area contributed by atoms with E-state index < -0.39 is 0 Å². The highest BCUT2D eigenvalue weighted by Gasteiger charge is 2.32. The van der Waals surface area contributed by atoms with Crippen LogP contribution >= 0.6 is 0 Å². The Hall–Kier alpha value is -3.41. The third-order valence-corrected chi connectivity index (χ3v) is 5.19. The van der Waals surface area contributed by atoms with Gasteiger partial charge in [-0.15, -0.1) is 0 Å². The lowest BCUT2D eigenvalue weighted by Gasteiger charge is -2.23. The van der Waals surface area contributed by atoms with Crippen molar-refractivity contribution in [2.24, 2.45) is 0 Å². The van der Waals surface area contributed by atoms with Crippen LogP contribution in [0.5, 0.6) is 0 Å². The molecule has 0 radical (unpaired) electrons. The van der Waals surface area contributed by atoms with Gasteiger partial charge >= 0.3 is 0 Å². The molecule has 0 aliphatic carbocycles. The van der Waals surface area contributed by atoms with E-state index in [0.717, 1.165) is 41.9 Å². The van der Waals surface area contributed by atoms with E-state index in [0.29, 0.717) is 5.56 Å². The molecule has 1 N–H and O–H groups in total. The van der Waals surface area contributed by atoms with Crippen LogP contribution in [-0.2, 0) is 0 Å². The average molecular weight is 357 g/mol. The number of H-pyrrole nitrogens is 1. The number of rotatable bonds is 3. The van der Waals surface area contributed by atoms with Gasteiger partial charge < -0.3 is 9.88 Å². The average Bonchev–Trinajstić information content (AvgIpc) is 3.47. The summed E-state index contributed by atoms with van der Waals surface area (Å²) in [6, 6.07) is 15.8. The summed E-state index contributed by atoms with van der Waals surface area (Å²) in [6.45, 7) is 0.762. The quantitative estimate of drug-likeness (QED) is 0.607. The largest absolute Gasteiger partial charge is 0.347 e. The van der Waals surface area contributed by atoms with E-state index in [2.05, 4.69) is 15.0 Å². The highest BCUT2D eigenvalue weighted by atomic mass is 16.2. The summed E-state index contributed by atoms with van der Waals surface area (Å²) in [5, 5.41) is 0. The Morgan fingerprint density at radius 2 is 1.93 bits per heavy atom. The number of aromatic nitrogens is 4. The second-order valence-electron chi connectivity index (χ2n) is 6.78. The summed E-state index contributed by atoms with van der Waals surface area (Å²) < 4.78 is 2.03. The van der Waals surface area contributed by atoms with E-state index in [1.54, 1.807) is 12.4 Å². The molecule has 6 heteroatoms. The van der Waals surface area contributed by atoms with Gasteiger partial charge in [0.2, 0.25) is 0 Å². The zero-order chi connectivity index (χ0) is 18.2. The Balaban J connectivity index is 1.42. The molecule has 0 unspecified atom stereocenters. The summed E-state index contributed by atoms with van der Waals surface area (Å²) in [5.74, 6) is 0.915. The number of likely N-dealkylation sites (tertiary alicyclic amines) is 1. The van der Waals surface area contributed by atoms with Crippen molar-refractivity contribution in [1.82, 2.24) is 24.4 Å². The SMILES string of the molecule is O=C(c1ccc(-n2cnc3ccccc32)cc1)N1CCC[C@H]1c1ncc[nH]1. The molecule has 1 amide bonds. The molecule has 0 spiro atoms. The molecule has 0 bridgehead atoms. The molecule has 1 aliphatic heterocycles. The molecule has 6 nitrogen and oxygen atoms in total. The van der Waals surface area contributed by atoms with E-state index in [1.165, 1.54) is 0 Å². The number of fused-ring (bicyclic) bond motifs is 1. The van der Waals surface area contributed by atoms with E-state index in [1.807, 2.05) is 64.3 Å². The maximum Gasteiger partial charge on any atom is 0.254 e. The van der Waals surface area contributed by atoms with Crippen molar-refractivity contribution < 1.29 is 4.79 Å². The standard InChI is InChI=1S/C21H19N5O/c27-21(25-13-3-6-19(25)20-22-11-12-23-20)15-7-9-16(10-8-15)26-14-24-17-4-1-2-5-18(17)26/h1-2,4-5,7-12,14,19H,3,6,13H2,(H,22,23)/t19-/m0/s1. The van der Waals surface area contributed by atoms with Gasteiger partial charge in [0.1, 0.15) is 12.2 Å². The summed E-state index contributed by atoms with van der Waals surface area (Å²) in [4.78, 5) is 26.9. The van der Waals surface area contributed by atoms with Gasteiger partial charge in [0, 0.05) is 30.2 Å². The minimum absolute atomic E-state index is 0.0322. The number of para-hydroxylation sites is 2. The van der Waals surface area contributed by atoms with Crippen LogP contribution in [0.2, 0.25) is 0 Å². The number of hydrogen-bond donors (Lipinski definition) is 1. The number of nitrogens with one attached hydrogen (secondary N) is 1. The lowest BCUT2D eigenvalue weighted by molar-refractivity contribution is 0.0730. The number of imidazole rings is 2. The van der Waals surface area contributed by atoms with Crippen LogP contribution in [0, 0.1) is 0 Å². The summed E-state index contributed by atoms with van der Waals surface area (Å²) in [5.41, 5.74) is 3.69. The topological polar surface area (TPSA) is 66.8 Å². The normalized spacial score (nSPS) is 16.9. The van der Waals surface area contributed by atoms with Crippen LogP contribution in [0.3, 0.4) is 0 Å². The first-order chi connectivity index (χ1) is 13.3. The highest BCUT2D eigenvalue weighted by Crippen LogP contribution is 2.31. The molecule has 2 aromatic carbocycles. The predicted molar refractivity (Wildman–Crippen MR) is 103 cm³/mol. The Kier molecular flexibility index (Phi) is 3.74. The Morgan fingerprint density at radius 3 is 2.74 bits per heavy atom. The summed E-state index contributed by atoms with van der Waals surface area (Å²) in [7, 11) is 0. The minimum Gasteiger partial charge on any atom is -0.347 e. The third-order valence-electron chi connectivity index (χ3n) is 5.19. The molecule has 3 heterocycles. The fourth-order valence-corrected chi connectivity index (χ4v) is 3.85. The number of amides is 1. The molecule has 27 heavy (non-hydrogen) atoms. The van der Waals surface area contributed by atoms with Gasteiger partial charge in [0.15, 0.2) is 0 Å². The smallest absolute Gasteiger partial charge is 0.254 e. The van der Waals surface area contributed by atoms with Gasteiger partial charge in [-0.1, -0.05) is 12.1 Å². The van der Waals surface area contributed by atoms with Crippen molar-refractivity contribution in [3.05, 3.63) is 78.6 Å². The Morgan fingerprint density at radius 1 is 1.07 bits per heavy atom. The van der Waals surface area contributed by atoms with E-state index in [9.17, 15) is 4.79 Å². The first-order valence-electron chi connectivity index (χ1n) is 9.14. The van der Waals surface area contributed by atoms with Gasteiger partial charge in [0.25, 0.3) is 5.91 Å². The molecule has 1 aliphatic rings. The van der Waals surface area contributed by atoms with E-state index >= 15 is 0 Å². The second-order valence-corrected chi connectivity index (χ2v) is 6.78. The second kappa shape index (κ2) is 6.39. The molecule has 5 rings (SSSR count). The summed E-state index contributed by atoms with van der Waals surface area (Å²) >= 11 is 0. The lowest BCUT2D eigenvalue weighted by Crippen LogP contribution is -2.31. The third kappa shape index (κ3) is 2.70. The zero-order valence-electron chi connectivity index (χ0n) is 14.7. The van der Waals surface area contributed by atoms with Crippen molar-refractivity contribution >= 4 is 16.9 Å². The van der Waals surface area contributed by atoms with Gasteiger partial charge in [-0.2, -0.15) is 0 Å². The molecule has 2 aromatic heterocycles. The molecular formula is C21H19N5O. The van der Waals surface area contributed by atoms with E-state index in [-0.39, 0.29) is 11.9 Å². The number of carbonyl (C=O) groups excluding carboxylic acids is 1. The molecule has 1 saturated heterocycles. The fraction of sp³-hybridized carbons (Fsp3) is 0.190. The minimum atomic E-state index is 0.0322. The fourth-order valence-electron chi connectivity index (χ4n) is 3.85. The monoisotopic (exact) mass is 357 g/mol. The first kappa shape index (κ1) is 15.8. The number of carbonyl (C=O) groups is 1. The molecule has 1 fully saturated rings. The van der Waals surface area contributed by atoms with Gasteiger partial charge in [-0.3, -0.25) is 9.36 Å². The van der Waals surface area contributed by atoms with Gasteiger partial charge in [-0.05, 0) is 49.2 Å². The van der Waals surface area contributed by atoms with Crippen LogP contribution in [-0.4, -0.2) is 36.9 Å². The van der Waals surface area contributed by atoms with Crippen LogP contribution in [0.1, 0.15) is 35.1 Å². The predicted octanol–water partition coefficient (Wildman–Crippen LogP) is 3.73. The van der Waals surface area contributed by atoms with Crippen LogP contribution < -0.4 is 0 Å². The number of hydrogen-bond acceptors (Lipinski definition) is 3. The molecule has 134 valence electrons. The number of benzene rings is 2. The lowest BCUT2D eigenvalue weighted by atomic mass is 10.1. The molecular weight excluding hydrogens is 338 g/mol. The van der Waals surface area contributed by atoms with Crippen molar-refractivity contribution in [3.63, 3.8) is 0 Å². The molecule has 4 aromatic rings. The van der Waals surface area contributed by atoms with Crippen molar-refractivity contribution in [2.75, 3.05) is 6.54 Å². The molecule has 0 saturated carbocycles. The molecule has 1 atom stereocenters. The Labute approximate surface area is 156 Å². The van der Waals surface area contributed by atoms with Crippen molar-refractivity contribution in [2.45, 2.75) is 18.9 Å². The first-order valence-corrected chi connectivity index (χ1v) is 9.14. The van der Waals surface area contributed by atoms with Crippen molar-refractivity contribution in [1.29, 1.82) is 0 Å². The van der Waals surface area contributed by atoms with Gasteiger partial charge in [-0.25, -0.2) is 9.97 Å². The maximum atomic E-state index is 13.0. The van der Waals surface area contributed by atoms with Crippen molar-refractivity contribution in [3.8, 4) is 5.69 Å². The number of nitrogens with zero attached hydrogens (tertiary/aromatic N) is 4. The summed E-state index contributed by atoms with van der Waals surface area (Å²) in [6.07, 6.45) is 7.30. The Bertz CT molecular complexity index is 1080. The zero-order valence-corrected chi connectivity index (χ0v) is 14.7. The van der Waals surface area contributed by atoms with Crippen LogP contribution in [0.25, 0.3) is 16.7 Å².